The molecule has 0 atom stereocenters. The van der Waals surface area contributed by atoms with E-state index in [2.05, 4.69) is 4.98 Å². The topological polar surface area (TPSA) is 56.0 Å². The fourth-order valence-electron chi connectivity index (χ4n) is 1.63. The van der Waals surface area contributed by atoms with Crippen LogP contribution < -0.4 is 5.73 Å². The van der Waals surface area contributed by atoms with Crippen molar-refractivity contribution in [2.75, 3.05) is 5.73 Å². The quantitative estimate of drug-likeness (QED) is 0.805. The average Bonchev–Trinajstić information content (AvgIpc) is 2.27. The third-order valence-electron chi connectivity index (χ3n) is 2.39. The summed E-state index contributed by atoms with van der Waals surface area (Å²) in [6.45, 7) is 1.73. The minimum absolute atomic E-state index is 0.152. The molecule has 2 rings (SSSR count). The summed E-state index contributed by atoms with van der Waals surface area (Å²) in [6, 6.07) is 7.38. The Kier molecular flexibility index (Phi) is 2.87. The van der Waals surface area contributed by atoms with Gasteiger partial charge in [-0.05, 0) is 42.8 Å². The molecule has 17 heavy (non-hydrogen) atoms. The number of aryl methyl sites for hydroxylation is 1. The molecule has 0 saturated carbocycles. The second kappa shape index (κ2) is 4.33. The summed E-state index contributed by atoms with van der Waals surface area (Å²) < 4.78 is 13.2. The number of anilines is 1. The van der Waals surface area contributed by atoms with E-state index >= 15 is 0 Å². The second-order valence-corrected chi connectivity index (χ2v) is 3.78. The van der Waals surface area contributed by atoms with E-state index in [0.717, 1.165) is 0 Å². The Labute approximate surface area is 98.1 Å². The van der Waals surface area contributed by atoms with Crippen LogP contribution in [-0.2, 0) is 0 Å². The maximum absolute atomic E-state index is 13.2. The molecule has 0 aliphatic heterocycles. The number of nitrogens with zero attached hydrogens (tertiary/aromatic N) is 1. The molecule has 4 heteroatoms. The smallest absolute Gasteiger partial charge is 0.196 e. The third kappa shape index (κ3) is 2.30. The first kappa shape index (κ1) is 11.3. The van der Waals surface area contributed by atoms with Crippen LogP contribution in [0.5, 0.6) is 0 Å². The van der Waals surface area contributed by atoms with Gasteiger partial charge in [-0.15, -0.1) is 0 Å². The Morgan fingerprint density at radius 3 is 2.76 bits per heavy atom. The van der Waals surface area contributed by atoms with Crippen molar-refractivity contribution in [1.82, 2.24) is 4.98 Å². The number of nitrogens with two attached hydrogens (primary N) is 1. The van der Waals surface area contributed by atoms with E-state index in [4.69, 9.17) is 5.73 Å². The first-order valence-corrected chi connectivity index (χ1v) is 5.10. The number of benzene rings is 1. The standard InChI is InChI=1S/C13H11FN2O/c1-8-5-9(7-10(14)6-8)12(17)11-3-2-4-16-13(11)15/h2-7H,1H3,(H2,15,16). The molecule has 0 amide bonds. The monoisotopic (exact) mass is 230 g/mol. The Hall–Kier alpha value is -2.23. The Bertz CT molecular complexity index is 561. The molecular formula is C13H11FN2O. The van der Waals surface area contributed by atoms with Crippen LogP contribution in [0.25, 0.3) is 0 Å². The maximum Gasteiger partial charge on any atom is 0.196 e. The lowest BCUT2D eigenvalue weighted by Gasteiger charge is -2.04. The molecule has 2 aromatic rings. The molecular weight excluding hydrogens is 219 g/mol. The summed E-state index contributed by atoms with van der Waals surface area (Å²) in [5.74, 6) is -0.603. The highest BCUT2D eigenvalue weighted by Gasteiger charge is 2.13. The highest BCUT2D eigenvalue weighted by molar-refractivity contribution is 6.11. The predicted octanol–water partition coefficient (Wildman–Crippen LogP) is 2.34. The van der Waals surface area contributed by atoms with E-state index in [9.17, 15) is 9.18 Å². The molecule has 1 aromatic heterocycles. The van der Waals surface area contributed by atoms with Crippen molar-refractivity contribution in [3.8, 4) is 0 Å². The molecule has 0 unspecified atom stereocenters. The van der Waals surface area contributed by atoms with Gasteiger partial charge in [0.25, 0.3) is 0 Å². The van der Waals surface area contributed by atoms with Crippen LogP contribution in [0.3, 0.4) is 0 Å². The zero-order chi connectivity index (χ0) is 12.4. The average molecular weight is 230 g/mol. The van der Waals surface area contributed by atoms with E-state index in [1.165, 1.54) is 18.3 Å². The number of pyridine rings is 1. The summed E-state index contributed by atoms with van der Waals surface area (Å²) in [4.78, 5) is 15.9. The second-order valence-electron chi connectivity index (χ2n) is 3.78. The molecule has 0 spiro atoms. The van der Waals surface area contributed by atoms with Crippen LogP contribution in [0.2, 0.25) is 0 Å². The lowest BCUT2D eigenvalue weighted by atomic mass is 10.0. The molecule has 0 radical (unpaired) electrons. The molecule has 0 aliphatic rings. The number of hydrogen-bond donors (Lipinski definition) is 1. The molecule has 86 valence electrons. The van der Waals surface area contributed by atoms with Gasteiger partial charge in [0.05, 0.1) is 5.56 Å². The molecule has 0 aliphatic carbocycles. The van der Waals surface area contributed by atoms with Crippen molar-refractivity contribution >= 4 is 11.6 Å². The lowest BCUT2D eigenvalue weighted by molar-refractivity contribution is 0.103. The van der Waals surface area contributed by atoms with Gasteiger partial charge >= 0.3 is 0 Å². The van der Waals surface area contributed by atoms with Crippen molar-refractivity contribution < 1.29 is 9.18 Å². The highest BCUT2D eigenvalue weighted by Crippen LogP contribution is 2.16. The fraction of sp³-hybridized carbons (Fsp3) is 0.0769. The minimum atomic E-state index is -0.434. The minimum Gasteiger partial charge on any atom is -0.383 e. The number of nitrogen functional groups attached to an aromatic ring is 1. The number of carbonyl (C=O) groups excluding carboxylic acids is 1. The molecule has 1 heterocycles. The zero-order valence-electron chi connectivity index (χ0n) is 9.27. The van der Waals surface area contributed by atoms with E-state index in [0.29, 0.717) is 5.56 Å². The van der Waals surface area contributed by atoms with E-state index in [1.807, 2.05) is 0 Å². The van der Waals surface area contributed by atoms with Gasteiger partial charge in [0.2, 0.25) is 0 Å². The molecule has 0 saturated heterocycles. The Morgan fingerprint density at radius 1 is 1.35 bits per heavy atom. The predicted molar refractivity (Wildman–Crippen MR) is 63.2 cm³/mol. The van der Waals surface area contributed by atoms with Gasteiger partial charge < -0.3 is 5.73 Å². The molecule has 0 fully saturated rings. The zero-order valence-corrected chi connectivity index (χ0v) is 9.27. The van der Waals surface area contributed by atoms with Gasteiger partial charge in [0, 0.05) is 11.8 Å². The van der Waals surface area contributed by atoms with Crippen LogP contribution in [0.4, 0.5) is 10.2 Å². The number of aromatic nitrogens is 1. The van der Waals surface area contributed by atoms with Crippen molar-refractivity contribution in [3.05, 3.63) is 59.0 Å². The van der Waals surface area contributed by atoms with Crippen LogP contribution in [0.15, 0.2) is 36.5 Å². The van der Waals surface area contributed by atoms with E-state index in [-0.39, 0.29) is 22.7 Å². The highest BCUT2D eigenvalue weighted by atomic mass is 19.1. The Morgan fingerprint density at radius 2 is 2.12 bits per heavy atom. The Balaban J connectivity index is 2.48. The van der Waals surface area contributed by atoms with Crippen molar-refractivity contribution in [2.24, 2.45) is 0 Å². The summed E-state index contributed by atoms with van der Waals surface area (Å²) in [5, 5.41) is 0. The lowest BCUT2D eigenvalue weighted by Crippen LogP contribution is -2.07. The summed E-state index contributed by atoms with van der Waals surface area (Å²) in [7, 11) is 0. The number of rotatable bonds is 2. The van der Waals surface area contributed by atoms with Gasteiger partial charge in [0.1, 0.15) is 11.6 Å². The summed E-state index contributed by atoms with van der Waals surface area (Å²) >= 11 is 0. The largest absolute Gasteiger partial charge is 0.383 e. The molecule has 0 bridgehead atoms. The number of halogens is 1. The fourth-order valence-corrected chi connectivity index (χ4v) is 1.63. The van der Waals surface area contributed by atoms with E-state index in [1.54, 1.807) is 25.1 Å². The van der Waals surface area contributed by atoms with Crippen LogP contribution in [0.1, 0.15) is 21.5 Å². The normalized spacial score (nSPS) is 10.2. The molecule has 2 N–H and O–H groups in total. The number of ketones is 1. The van der Waals surface area contributed by atoms with Crippen LogP contribution in [-0.4, -0.2) is 10.8 Å². The molecule has 1 aromatic carbocycles. The summed E-state index contributed by atoms with van der Waals surface area (Å²) in [6.07, 6.45) is 1.50. The molecule has 3 nitrogen and oxygen atoms in total. The summed E-state index contributed by atoms with van der Waals surface area (Å²) in [5.41, 5.74) is 6.87. The maximum atomic E-state index is 13.2. The first-order valence-electron chi connectivity index (χ1n) is 5.10. The van der Waals surface area contributed by atoms with Crippen LogP contribution in [0, 0.1) is 12.7 Å². The van der Waals surface area contributed by atoms with Crippen LogP contribution >= 0.6 is 0 Å². The third-order valence-corrected chi connectivity index (χ3v) is 2.39. The van der Waals surface area contributed by atoms with E-state index < -0.39 is 5.82 Å². The van der Waals surface area contributed by atoms with Gasteiger partial charge in [-0.2, -0.15) is 0 Å². The van der Waals surface area contributed by atoms with Gasteiger partial charge in [-0.3, -0.25) is 4.79 Å². The van der Waals surface area contributed by atoms with Crippen molar-refractivity contribution in [3.63, 3.8) is 0 Å². The number of carbonyl (C=O) groups is 1. The van der Waals surface area contributed by atoms with Crippen molar-refractivity contribution in [1.29, 1.82) is 0 Å². The SMILES string of the molecule is Cc1cc(F)cc(C(=O)c2cccnc2N)c1. The van der Waals surface area contributed by atoms with Crippen molar-refractivity contribution in [2.45, 2.75) is 6.92 Å². The van der Waals surface area contributed by atoms with Gasteiger partial charge in [-0.25, -0.2) is 9.37 Å². The number of hydrogen-bond acceptors (Lipinski definition) is 3. The van der Waals surface area contributed by atoms with Gasteiger partial charge in [0.15, 0.2) is 5.78 Å². The first-order chi connectivity index (χ1) is 8.08. The van der Waals surface area contributed by atoms with Gasteiger partial charge in [-0.1, -0.05) is 0 Å².